The zero-order valence-electron chi connectivity index (χ0n) is 8.10. The molecule has 0 heteroatoms. The Morgan fingerprint density at radius 1 is 1.18 bits per heavy atom. The molecule has 0 saturated heterocycles. The van der Waals surface area contributed by atoms with Gasteiger partial charge in [-0.1, -0.05) is 58.8 Å². The SMILES string of the molecule is CCCCC[C@@H]1CCC[C@@H]1C. The summed E-state index contributed by atoms with van der Waals surface area (Å²) in [5.74, 6) is 2.12. The molecule has 0 aliphatic heterocycles. The maximum Gasteiger partial charge on any atom is -0.0388 e. The standard InChI is InChI=1S/C11H22/c1-3-4-5-8-11-9-6-7-10(11)2/h10-11H,3-9H2,1-2H3/t10-,11+/m0/s1. The van der Waals surface area contributed by atoms with Crippen LogP contribution in [-0.4, -0.2) is 0 Å². The van der Waals surface area contributed by atoms with Crippen LogP contribution in [0.25, 0.3) is 0 Å². The van der Waals surface area contributed by atoms with Crippen molar-refractivity contribution in [2.24, 2.45) is 11.8 Å². The van der Waals surface area contributed by atoms with Crippen molar-refractivity contribution in [3.05, 3.63) is 0 Å². The Labute approximate surface area is 71.4 Å². The molecule has 2 atom stereocenters. The van der Waals surface area contributed by atoms with Gasteiger partial charge in [-0.2, -0.15) is 0 Å². The van der Waals surface area contributed by atoms with E-state index in [9.17, 15) is 0 Å². The first-order chi connectivity index (χ1) is 5.34. The number of hydrogen-bond donors (Lipinski definition) is 0. The van der Waals surface area contributed by atoms with Crippen LogP contribution in [0.15, 0.2) is 0 Å². The smallest absolute Gasteiger partial charge is 0.0388 e. The monoisotopic (exact) mass is 154 g/mol. The molecule has 0 heterocycles. The van der Waals surface area contributed by atoms with Crippen LogP contribution in [-0.2, 0) is 0 Å². The van der Waals surface area contributed by atoms with Crippen LogP contribution in [0.1, 0.15) is 58.8 Å². The van der Waals surface area contributed by atoms with E-state index in [0.717, 1.165) is 11.8 Å². The summed E-state index contributed by atoms with van der Waals surface area (Å²) in [7, 11) is 0. The molecule has 0 N–H and O–H groups in total. The molecule has 1 rings (SSSR count). The lowest BCUT2D eigenvalue weighted by atomic mass is 9.92. The van der Waals surface area contributed by atoms with Crippen molar-refractivity contribution in [1.82, 2.24) is 0 Å². The highest BCUT2D eigenvalue weighted by Crippen LogP contribution is 2.34. The number of hydrogen-bond acceptors (Lipinski definition) is 0. The highest BCUT2D eigenvalue weighted by Gasteiger charge is 2.21. The molecule has 66 valence electrons. The van der Waals surface area contributed by atoms with Crippen LogP contribution >= 0.6 is 0 Å². The normalized spacial score (nSPS) is 31.1. The largest absolute Gasteiger partial charge is 0.0654 e. The Hall–Kier alpha value is 0. The first-order valence-corrected chi connectivity index (χ1v) is 5.34. The first-order valence-electron chi connectivity index (χ1n) is 5.34. The summed E-state index contributed by atoms with van der Waals surface area (Å²) in [6.07, 6.45) is 10.3. The minimum Gasteiger partial charge on any atom is -0.0654 e. The second-order valence-corrected chi connectivity index (χ2v) is 4.16. The van der Waals surface area contributed by atoms with Crippen LogP contribution in [0.2, 0.25) is 0 Å². The van der Waals surface area contributed by atoms with Crippen LogP contribution in [0.5, 0.6) is 0 Å². The molecular weight excluding hydrogens is 132 g/mol. The second kappa shape index (κ2) is 4.79. The van der Waals surface area contributed by atoms with Gasteiger partial charge in [-0.25, -0.2) is 0 Å². The Morgan fingerprint density at radius 3 is 2.55 bits per heavy atom. The molecule has 0 amide bonds. The molecule has 11 heavy (non-hydrogen) atoms. The van der Waals surface area contributed by atoms with Gasteiger partial charge in [0.1, 0.15) is 0 Å². The molecule has 1 aliphatic rings. The van der Waals surface area contributed by atoms with Gasteiger partial charge in [0.2, 0.25) is 0 Å². The molecule has 1 fully saturated rings. The van der Waals surface area contributed by atoms with Gasteiger partial charge < -0.3 is 0 Å². The fraction of sp³-hybridized carbons (Fsp3) is 1.00. The van der Waals surface area contributed by atoms with Gasteiger partial charge in [-0.05, 0) is 11.8 Å². The van der Waals surface area contributed by atoms with E-state index in [4.69, 9.17) is 0 Å². The van der Waals surface area contributed by atoms with Crippen molar-refractivity contribution in [3.8, 4) is 0 Å². The van der Waals surface area contributed by atoms with Crippen LogP contribution in [0, 0.1) is 11.8 Å². The fourth-order valence-corrected chi connectivity index (χ4v) is 2.31. The Morgan fingerprint density at radius 2 is 2.00 bits per heavy atom. The van der Waals surface area contributed by atoms with Crippen LogP contribution < -0.4 is 0 Å². The Kier molecular flexibility index (Phi) is 3.96. The summed E-state index contributed by atoms with van der Waals surface area (Å²) in [4.78, 5) is 0. The van der Waals surface area contributed by atoms with E-state index < -0.39 is 0 Å². The summed E-state index contributed by atoms with van der Waals surface area (Å²) in [6, 6.07) is 0. The lowest BCUT2D eigenvalue weighted by Crippen LogP contribution is -2.02. The highest BCUT2D eigenvalue weighted by molar-refractivity contribution is 4.73. The summed E-state index contributed by atoms with van der Waals surface area (Å²) in [5.41, 5.74) is 0. The third kappa shape index (κ3) is 2.84. The van der Waals surface area contributed by atoms with Crippen molar-refractivity contribution >= 4 is 0 Å². The lowest BCUT2D eigenvalue weighted by molar-refractivity contribution is 0.376. The first kappa shape index (κ1) is 9.09. The number of rotatable bonds is 4. The van der Waals surface area contributed by atoms with Crippen molar-refractivity contribution in [1.29, 1.82) is 0 Å². The van der Waals surface area contributed by atoms with Gasteiger partial charge in [0, 0.05) is 0 Å². The maximum absolute atomic E-state index is 2.43. The van der Waals surface area contributed by atoms with E-state index >= 15 is 0 Å². The van der Waals surface area contributed by atoms with Crippen LogP contribution in [0.4, 0.5) is 0 Å². The van der Waals surface area contributed by atoms with E-state index in [1.807, 2.05) is 0 Å². The van der Waals surface area contributed by atoms with Gasteiger partial charge >= 0.3 is 0 Å². The number of unbranched alkanes of at least 4 members (excludes halogenated alkanes) is 2. The van der Waals surface area contributed by atoms with Crippen molar-refractivity contribution in [2.75, 3.05) is 0 Å². The van der Waals surface area contributed by atoms with E-state index in [1.165, 1.54) is 44.9 Å². The molecular formula is C11H22. The molecule has 0 aromatic heterocycles. The van der Waals surface area contributed by atoms with Gasteiger partial charge in [-0.3, -0.25) is 0 Å². The topological polar surface area (TPSA) is 0 Å². The third-order valence-electron chi connectivity index (χ3n) is 3.22. The van der Waals surface area contributed by atoms with Crippen molar-refractivity contribution in [3.63, 3.8) is 0 Å². The summed E-state index contributed by atoms with van der Waals surface area (Å²) < 4.78 is 0. The van der Waals surface area contributed by atoms with Crippen LogP contribution in [0.3, 0.4) is 0 Å². The Balaban J connectivity index is 2.05. The molecule has 0 aromatic carbocycles. The predicted octanol–water partition coefficient (Wildman–Crippen LogP) is 4.00. The molecule has 0 spiro atoms. The summed E-state index contributed by atoms with van der Waals surface area (Å²) in [5, 5.41) is 0. The molecule has 0 nitrogen and oxygen atoms in total. The van der Waals surface area contributed by atoms with E-state index in [1.54, 1.807) is 0 Å². The Bertz CT molecular complexity index is 96.2. The highest BCUT2D eigenvalue weighted by atomic mass is 14.3. The molecule has 0 unspecified atom stereocenters. The lowest BCUT2D eigenvalue weighted by Gasteiger charge is -2.13. The molecule has 0 radical (unpaired) electrons. The van der Waals surface area contributed by atoms with Gasteiger partial charge in [-0.15, -0.1) is 0 Å². The summed E-state index contributed by atoms with van der Waals surface area (Å²) in [6.45, 7) is 4.72. The average Bonchev–Trinajstić information content (AvgIpc) is 2.37. The minimum absolute atomic E-state index is 1.03. The molecule has 1 saturated carbocycles. The van der Waals surface area contributed by atoms with E-state index in [2.05, 4.69) is 13.8 Å². The minimum atomic E-state index is 1.03. The maximum atomic E-state index is 2.43. The quantitative estimate of drug-likeness (QED) is 0.537. The van der Waals surface area contributed by atoms with Crippen molar-refractivity contribution < 1.29 is 0 Å². The molecule has 0 bridgehead atoms. The van der Waals surface area contributed by atoms with Crippen molar-refractivity contribution in [2.45, 2.75) is 58.8 Å². The predicted molar refractivity (Wildman–Crippen MR) is 50.6 cm³/mol. The van der Waals surface area contributed by atoms with Gasteiger partial charge in [0.15, 0.2) is 0 Å². The third-order valence-corrected chi connectivity index (χ3v) is 3.22. The second-order valence-electron chi connectivity index (χ2n) is 4.16. The zero-order valence-corrected chi connectivity index (χ0v) is 8.10. The fourth-order valence-electron chi connectivity index (χ4n) is 2.31. The molecule has 0 aromatic rings. The average molecular weight is 154 g/mol. The van der Waals surface area contributed by atoms with Gasteiger partial charge in [0.25, 0.3) is 0 Å². The van der Waals surface area contributed by atoms with E-state index in [0.29, 0.717) is 0 Å². The van der Waals surface area contributed by atoms with E-state index in [-0.39, 0.29) is 0 Å². The van der Waals surface area contributed by atoms with Gasteiger partial charge in [0.05, 0.1) is 0 Å². The summed E-state index contributed by atoms with van der Waals surface area (Å²) >= 11 is 0. The zero-order chi connectivity index (χ0) is 8.10. The molecule has 1 aliphatic carbocycles.